The van der Waals surface area contributed by atoms with Crippen LogP contribution in [0.3, 0.4) is 0 Å². The highest BCUT2D eigenvalue weighted by Gasteiger charge is 2.53. The van der Waals surface area contributed by atoms with E-state index in [9.17, 15) is 15.0 Å². The van der Waals surface area contributed by atoms with Crippen LogP contribution in [0.2, 0.25) is 0 Å². The van der Waals surface area contributed by atoms with Crippen LogP contribution < -0.4 is 0 Å². The van der Waals surface area contributed by atoms with Crippen LogP contribution in [-0.4, -0.2) is 16.0 Å². The highest BCUT2D eigenvalue weighted by atomic mass is 16.3. The zero-order valence-corrected chi connectivity index (χ0v) is 14.9. The highest BCUT2D eigenvalue weighted by molar-refractivity contribution is 6.03. The molecule has 0 aromatic heterocycles. The Labute approximate surface area is 138 Å². The van der Waals surface area contributed by atoms with Crippen molar-refractivity contribution >= 4 is 5.78 Å². The summed E-state index contributed by atoms with van der Waals surface area (Å²) in [5, 5.41) is 21.4. The summed E-state index contributed by atoms with van der Waals surface area (Å²) in [4.78, 5) is 12.8. The number of phenolic OH excluding ortho intramolecular Hbond substituents is 2. The van der Waals surface area contributed by atoms with Crippen molar-refractivity contribution in [3.8, 4) is 11.5 Å². The molecule has 3 heteroatoms. The number of rotatable bonds is 1. The third-order valence-corrected chi connectivity index (χ3v) is 6.40. The summed E-state index contributed by atoms with van der Waals surface area (Å²) in [5.74, 6) is 0.514. The number of fused-ring (bicyclic) bond motifs is 3. The molecule has 0 heterocycles. The van der Waals surface area contributed by atoms with Crippen molar-refractivity contribution in [3.05, 3.63) is 22.8 Å². The molecular weight excluding hydrogens is 288 g/mol. The molecule has 1 fully saturated rings. The Morgan fingerprint density at radius 2 is 1.83 bits per heavy atom. The van der Waals surface area contributed by atoms with Crippen LogP contribution in [-0.2, 0) is 5.41 Å². The minimum absolute atomic E-state index is 0.0206. The zero-order chi connectivity index (χ0) is 17.2. The van der Waals surface area contributed by atoms with Gasteiger partial charge in [0.15, 0.2) is 5.78 Å². The number of Topliss-reactive ketones (excluding diaryl/α,β-unsaturated/α-hetero) is 1. The molecule has 1 aromatic carbocycles. The first-order valence-corrected chi connectivity index (χ1v) is 8.72. The standard InChI is InChI=1S/C20H28O3/c1-11(2)12-9-14(22)17-16(18(12)23)13(21)10-15-19(3,4)7-6-8-20(15,17)5/h9,11,15,22-23H,6-8,10H2,1-5H3/t15-,20+/m1/s1. The maximum Gasteiger partial charge on any atom is 0.167 e. The Kier molecular flexibility index (Phi) is 3.55. The van der Waals surface area contributed by atoms with Crippen molar-refractivity contribution in [2.45, 2.75) is 71.6 Å². The number of phenols is 2. The van der Waals surface area contributed by atoms with Crippen LogP contribution in [0, 0.1) is 11.3 Å². The van der Waals surface area contributed by atoms with Gasteiger partial charge in [0.1, 0.15) is 11.5 Å². The lowest BCUT2D eigenvalue weighted by molar-refractivity contribution is 0.0352. The minimum atomic E-state index is -0.248. The van der Waals surface area contributed by atoms with E-state index in [2.05, 4.69) is 20.8 Å². The lowest BCUT2D eigenvalue weighted by Gasteiger charge is -2.54. The second-order valence-electron chi connectivity index (χ2n) is 8.68. The molecule has 0 saturated heterocycles. The Morgan fingerprint density at radius 3 is 2.43 bits per heavy atom. The Hall–Kier alpha value is -1.51. The van der Waals surface area contributed by atoms with Gasteiger partial charge in [-0.05, 0) is 36.2 Å². The number of hydrogen-bond donors (Lipinski definition) is 2. The molecule has 0 radical (unpaired) electrons. The van der Waals surface area contributed by atoms with Gasteiger partial charge in [-0.2, -0.15) is 0 Å². The number of carbonyl (C=O) groups is 1. The fraction of sp³-hybridized carbons (Fsp3) is 0.650. The number of hydrogen-bond acceptors (Lipinski definition) is 3. The summed E-state index contributed by atoms with van der Waals surface area (Å²) in [6.45, 7) is 10.5. The van der Waals surface area contributed by atoms with Crippen molar-refractivity contribution in [2.24, 2.45) is 11.3 Å². The van der Waals surface area contributed by atoms with Crippen molar-refractivity contribution in [1.82, 2.24) is 0 Å². The van der Waals surface area contributed by atoms with Gasteiger partial charge in [-0.1, -0.05) is 41.0 Å². The molecule has 1 aromatic rings. The molecule has 0 amide bonds. The predicted molar refractivity (Wildman–Crippen MR) is 91.3 cm³/mol. The van der Waals surface area contributed by atoms with E-state index in [4.69, 9.17) is 0 Å². The van der Waals surface area contributed by atoms with Gasteiger partial charge >= 0.3 is 0 Å². The molecular formula is C20H28O3. The minimum Gasteiger partial charge on any atom is -0.508 e. The first-order valence-electron chi connectivity index (χ1n) is 8.72. The second kappa shape index (κ2) is 4.99. The molecule has 0 bridgehead atoms. The third kappa shape index (κ3) is 2.20. The predicted octanol–water partition coefficient (Wildman–Crippen LogP) is 4.89. The first-order chi connectivity index (χ1) is 10.6. The number of carbonyl (C=O) groups excluding carboxylic acids is 1. The van der Waals surface area contributed by atoms with Gasteiger partial charge < -0.3 is 10.2 Å². The molecule has 23 heavy (non-hydrogen) atoms. The van der Waals surface area contributed by atoms with Crippen LogP contribution >= 0.6 is 0 Å². The van der Waals surface area contributed by atoms with Crippen molar-refractivity contribution in [2.75, 3.05) is 0 Å². The molecule has 2 aliphatic carbocycles. The normalized spacial score (nSPS) is 29.3. The van der Waals surface area contributed by atoms with Gasteiger partial charge in [0.05, 0.1) is 5.56 Å². The van der Waals surface area contributed by atoms with Gasteiger partial charge in [0, 0.05) is 23.0 Å². The average Bonchev–Trinajstić information content (AvgIpc) is 2.43. The van der Waals surface area contributed by atoms with Gasteiger partial charge in [-0.15, -0.1) is 0 Å². The average molecular weight is 316 g/mol. The highest BCUT2D eigenvalue weighted by Crippen LogP contribution is 2.60. The van der Waals surface area contributed by atoms with E-state index in [1.807, 2.05) is 13.8 Å². The van der Waals surface area contributed by atoms with E-state index in [0.717, 1.165) is 19.3 Å². The van der Waals surface area contributed by atoms with E-state index < -0.39 is 0 Å². The summed E-state index contributed by atoms with van der Waals surface area (Å²) < 4.78 is 0. The molecule has 2 aliphatic rings. The van der Waals surface area contributed by atoms with Gasteiger partial charge in [-0.3, -0.25) is 4.79 Å². The topological polar surface area (TPSA) is 57.5 Å². The molecule has 126 valence electrons. The van der Waals surface area contributed by atoms with Gasteiger partial charge in [-0.25, -0.2) is 0 Å². The summed E-state index contributed by atoms with van der Waals surface area (Å²) >= 11 is 0. The Bertz CT molecular complexity index is 672. The van der Waals surface area contributed by atoms with E-state index in [0.29, 0.717) is 23.1 Å². The summed E-state index contributed by atoms with van der Waals surface area (Å²) in [5.41, 5.74) is 1.55. The third-order valence-electron chi connectivity index (χ3n) is 6.40. The monoisotopic (exact) mass is 316 g/mol. The molecule has 3 rings (SSSR count). The van der Waals surface area contributed by atoms with Crippen molar-refractivity contribution in [1.29, 1.82) is 0 Å². The molecule has 3 nitrogen and oxygen atoms in total. The van der Waals surface area contributed by atoms with Crippen LogP contribution in [0.1, 0.15) is 87.7 Å². The number of benzene rings is 1. The summed E-state index contributed by atoms with van der Waals surface area (Å²) in [7, 11) is 0. The van der Waals surface area contributed by atoms with E-state index in [1.165, 1.54) is 0 Å². The molecule has 2 atom stereocenters. The number of ketones is 1. The van der Waals surface area contributed by atoms with Gasteiger partial charge in [0.2, 0.25) is 0 Å². The second-order valence-corrected chi connectivity index (χ2v) is 8.68. The smallest absolute Gasteiger partial charge is 0.167 e. The molecule has 2 N–H and O–H groups in total. The maximum absolute atomic E-state index is 12.8. The Morgan fingerprint density at radius 1 is 1.17 bits per heavy atom. The first kappa shape index (κ1) is 16.4. The fourth-order valence-electron chi connectivity index (χ4n) is 5.18. The van der Waals surface area contributed by atoms with Gasteiger partial charge in [0.25, 0.3) is 0 Å². The van der Waals surface area contributed by atoms with E-state index in [-0.39, 0.29) is 39.9 Å². The van der Waals surface area contributed by atoms with Crippen LogP contribution in [0.5, 0.6) is 11.5 Å². The largest absolute Gasteiger partial charge is 0.508 e. The molecule has 0 aliphatic heterocycles. The lowest BCUT2D eigenvalue weighted by Crippen LogP contribution is -2.49. The summed E-state index contributed by atoms with van der Waals surface area (Å²) in [6, 6.07) is 1.67. The maximum atomic E-state index is 12.8. The fourth-order valence-corrected chi connectivity index (χ4v) is 5.18. The molecule has 1 saturated carbocycles. The lowest BCUT2D eigenvalue weighted by atomic mass is 9.50. The van der Waals surface area contributed by atoms with E-state index >= 15 is 0 Å². The SMILES string of the molecule is CC(C)c1cc(O)c2c(c1O)C(=O)C[C@@H]1C(C)(C)CCC[C@]21C. The quantitative estimate of drug-likeness (QED) is 0.725. The number of aromatic hydroxyl groups is 2. The van der Waals surface area contributed by atoms with Crippen molar-refractivity contribution < 1.29 is 15.0 Å². The van der Waals surface area contributed by atoms with Crippen molar-refractivity contribution in [3.63, 3.8) is 0 Å². The zero-order valence-electron chi connectivity index (χ0n) is 14.9. The van der Waals surface area contributed by atoms with E-state index in [1.54, 1.807) is 6.07 Å². The van der Waals surface area contributed by atoms with Crippen LogP contribution in [0.25, 0.3) is 0 Å². The molecule has 0 spiro atoms. The van der Waals surface area contributed by atoms with Crippen LogP contribution in [0.15, 0.2) is 6.07 Å². The van der Waals surface area contributed by atoms with Crippen LogP contribution in [0.4, 0.5) is 0 Å². The molecule has 0 unspecified atom stereocenters. The Balaban J connectivity index is 2.29. The summed E-state index contributed by atoms with van der Waals surface area (Å²) in [6.07, 6.45) is 3.60.